The van der Waals surface area contributed by atoms with Crippen molar-refractivity contribution in [1.29, 1.82) is 0 Å². The van der Waals surface area contributed by atoms with Gasteiger partial charge in [0.05, 0.1) is 11.1 Å². The van der Waals surface area contributed by atoms with E-state index in [1.807, 2.05) is 12.1 Å². The van der Waals surface area contributed by atoms with Crippen molar-refractivity contribution < 1.29 is 13.9 Å². The summed E-state index contributed by atoms with van der Waals surface area (Å²) in [5, 5.41) is 3.15. The molecule has 0 aliphatic heterocycles. The fraction of sp³-hybridized carbons (Fsp3) is 0.278. The Morgan fingerprint density at radius 3 is 2.96 bits per heavy atom. The lowest BCUT2D eigenvalue weighted by molar-refractivity contribution is -0.123. The zero-order valence-electron chi connectivity index (χ0n) is 12.5. The molecule has 0 bridgehead atoms. The molecule has 0 saturated heterocycles. The Morgan fingerprint density at radius 1 is 1.30 bits per heavy atom. The lowest BCUT2D eigenvalue weighted by Gasteiger charge is -2.26. The molecule has 1 amide bonds. The Kier molecular flexibility index (Phi) is 4.82. The number of rotatable bonds is 4. The van der Waals surface area contributed by atoms with Gasteiger partial charge in [0.25, 0.3) is 5.91 Å². The zero-order chi connectivity index (χ0) is 16.2. The van der Waals surface area contributed by atoms with Crippen molar-refractivity contribution in [1.82, 2.24) is 5.32 Å². The molecule has 0 aromatic heterocycles. The van der Waals surface area contributed by atoms with E-state index < -0.39 is 5.82 Å². The van der Waals surface area contributed by atoms with E-state index in [4.69, 9.17) is 16.3 Å². The maximum absolute atomic E-state index is 13.0. The third-order valence-corrected chi connectivity index (χ3v) is 4.25. The van der Waals surface area contributed by atoms with Crippen LogP contribution in [0.3, 0.4) is 0 Å². The summed E-state index contributed by atoms with van der Waals surface area (Å²) < 4.78 is 18.3. The van der Waals surface area contributed by atoms with Crippen LogP contribution in [0.25, 0.3) is 0 Å². The predicted molar refractivity (Wildman–Crippen MR) is 87.2 cm³/mol. The van der Waals surface area contributed by atoms with Gasteiger partial charge in [-0.2, -0.15) is 0 Å². The summed E-state index contributed by atoms with van der Waals surface area (Å²) in [5.74, 6) is -0.357. The number of hydrogen-bond donors (Lipinski definition) is 1. The molecule has 2 aromatic carbocycles. The molecule has 3 rings (SSSR count). The van der Waals surface area contributed by atoms with Crippen LogP contribution < -0.4 is 10.1 Å². The lowest BCUT2D eigenvalue weighted by Crippen LogP contribution is -2.34. The number of nitrogens with one attached hydrogen (secondary N) is 1. The summed E-state index contributed by atoms with van der Waals surface area (Å²) in [4.78, 5) is 12.1. The molecule has 1 aliphatic rings. The molecule has 1 atom stereocenters. The van der Waals surface area contributed by atoms with E-state index in [0.717, 1.165) is 25.3 Å². The minimum absolute atomic E-state index is 0.0136. The van der Waals surface area contributed by atoms with E-state index >= 15 is 0 Å². The van der Waals surface area contributed by atoms with Crippen LogP contribution in [0.5, 0.6) is 5.75 Å². The van der Waals surface area contributed by atoms with Crippen molar-refractivity contribution in [2.24, 2.45) is 0 Å². The number of amides is 1. The number of hydrogen-bond acceptors (Lipinski definition) is 2. The third kappa shape index (κ3) is 3.82. The molecule has 23 heavy (non-hydrogen) atoms. The molecule has 0 heterocycles. The van der Waals surface area contributed by atoms with Crippen LogP contribution in [0.15, 0.2) is 42.5 Å². The molecule has 3 nitrogen and oxygen atoms in total. The number of fused-ring (bicyclic) bond motifs is 1. The summed E-state index contributed by atoms with van der Waals surface area (Å²) in [6.45, 7) is -0.149. The van der Waals surface area contributed by atoms with Crippen LogP contribution >= 0.6 is 11.6 Å². The van der Waals surface area contributed by atoms with Gasteiger partial charge in [0, 0.05) is 0 Å². The molecule has 2 aromatic rings. The van der Waals surface area contributed by atoms with Gasteiger partial charge < -0.3 is 10.1 Å². The van der Waals surface area contributed by atoms with Crippen LogP contribution in [-0.4, -0.2) is 12.5 Å². The highest BCUT2D eigenvalue weighted by Gasteiger charge is 2.21. The van der Waals surface area contributed by atoms with Gasteiger partial charge in [-0.1, -0.05) is 35.9 Å². The summed E-state index contributed by atoms with van der Waals surface area (Å²) in [6.07, 6.45) is 3.01. The Hall–Kier alpha value is -2.07. The molecule has 1 N–H and O–H groups in total. The van der Waals surface area contributed by atoms with Crippen molar-refractivity contribution >= 4 is 17.5 Å². The molecule has 0 fully saturated rings. The summed E-state index contributed by atoms with van der Waals surface area (Å²) in [6, 6.07) is 12.0. The van der Waals surface area contributed by atoms with E-state index in [1.165, 1.54) is 23.3 Å². The first-order chi connectivity index (χ1) is 11.1. The second-order valence-corrected chi connectivity index (χ2v) is 5.98. The van der Waals surface area contributed by atoms with Crippen LogP contribution in [0.4, 0.5) is 4.39 Å². The zero-order valence-corrected chi connectivity index (χ0v) is 13.3. The van der Waals surface area contributed by atoms with E-state index in [-0.39, 0.29) is 23.6 Å². The lowest BCUT2D eigenvalue weighted by atomic mass is 9.88. The normalized spacial score (nSPS) is 16.5. The summed E-state index contributed by atoms with van der Waals surface area (Å²) >= 11 is 5.88. The molecule has 0 saturated carbocycles. The Morgan fingerprint density at radius 2 is 2.13 bits per heavy atom. The van der Waals surface area contributed by atoms with E-state index in [1.54, 1.807) is 0 Å². The number of ether oxygens (including phenoxy) is 1. The molecule has 0 unspecified atom stereocenters. The van der Waals surface area contributed by atoms with E-state index in [0.29, 0.717) is 5.75 Å². The Labute approximate surface area is 139 Å². The number of halogens is 2. The highest BCUT2D eigenvalue weighted by Crippen LogP contribution is 2.29. The second-order valence-electron chi connectivity index (χ2n) is 5.57. The molecule has 0 spiro atoms. The van der Waals surface area contributed by atoms with Gasteiger partial charge in [0.15, 0.2) is 6.61 Å². The van der Waals surface area contributed by atoms with Crippen molar-refractivity contribution in [3.63, 3.8) is 0 Å². The van der Waals surface area contributed by atoms with Gasteiger partial charge in [-0.3, -0.25) is 4.79 Å². The summed E-state index contributed by atoms with van der Waals surface area (Å²) in [7, 11) is 0. The van der Waals surface area contributed by atoms with Gasteiger partial charge in [-0.15, -0.1) is 0 Å². The van der Waals surface area contributed by atoms with E-state index in [9.17, 15) is 9.18 Å². The van der Waals surface area contributed by atoms with Crippen LogP contribution in [-0.2, 0) is 11.2 Å². The molecule has 5 heteroatoms. The van der Waals surface area contributed by atoms with Crippen molar-refractivity contribution in [2.45, 2.75) is 25.3 Å². The van der Waals surface area contributed by atoms with E-state index in [2.05, 4.69) is 17.4 Å². The van der Waals surface area contributed by atoms with Gasteiger partial charge in [-0.05, 0) is 48.6 Å². The van der Waals surface area contributed by atoms with Crippen molar-refractivity contribution in [3.8, 4) is 5.75 Å². The molecule has 120 valence electrons. The Bertz CT molecular complexity index is 720. The van der Waals surface area contributed by atoms with Gasteiger partial charge >= 0.3 is 0 Å². The largest absolute Gasteiger partial charge is 0.482 e. The average Bonchev–Trinajstić information content (AvgIpc) is 2.54. The fourth-order valence-corrected chi connectivity index (χ4v) is 3.10. The number of aryl methyl sites for hydroxylation is 1. The minimum atomic E-state index is -0.439. The Balaban J connectivity index is 1.60. The van der Waals surface area contributed by atoms with Gasteiger partial charge in [-0.25, -0.2) is 4.39 Å². The number of carbonyl (C=O) groups excluding carboxylic acids is 1. The third-order valence-electron chi connectivity index (χ3n) is 3.96. The topological polar surface area (TPSA) is 38.3 Å². The van der Waals surface area contributed by atoms with Crippen LogP contribution in [0, 0.1) is 5.82 Å². The first-order valence-electron chi connectivity index (χ1n) is 7.58. The second kappa shape index (κ2) is 7.01. The molecular formula is C18H17ClFNO2. The highest BCUT2D eigenvalue weighted by molar-refractivity contribution is 6.32. The highest BCUT2D eigenvalue weighted by atomic mass is 35.5. The quantitative estimate of drug-likeness (QED) is 0.916. The molecular weight excluding hydrogens is 317 g/mol. The standard InChI is InChI=1S/C18H17ClFNO2/c19-15-10-13(20)8-9-17(15)23-11-18(22)21-16-7-3-5-12-4-1-2-6-14(12)16/h1-2,4,6,8-10,16H,3,5,7,11H2,(H,21,22)/t16-/m0/s1. The van der Waals surface area contributed by atoms with Crippen molar-refractivity contribution in [3.05, 3.63) is 64.4 Å². The summed E-state index contributed by atoms with van der Waals surface area (Å²) in [5.41, 5.74) is 2.46. The fourth-order valence-electron chi connectivity index (χ4n) is 2.88. The minimum Gasteiger partial charge on any atom is -0.482 e. The van der Waals surface area contributed by atoms with Crippen LogP contribution in [0.2, 0.25) is 5.02 Å². The first-order valence-corrected chi connectivity index (χ1v) is 7.96. The average molecular weight is 334 g/mol. The van der Waals surface area contributed by atoms with Gasteiger partial charge in [0.1, 0.15) is 11.6 Å². The first kappa shape index (κ1) is 15.8. The molecule has 1 aliphatic carbocycles. The van der Waals surface area contributed by atoms with Crippen LogP contribution in [0.1, 0.15) is 30.0 Å². The maximum Gasteiger partial charge on any atom is 0.258 e. The SMILES string of the molecule is O=C(COc1ccc(F)cc1Cl)N[C@H]1CCCc2ccccc21. The van der Waals surface area contributed by atoms with Gasteiger partial charge in [0.2, 0.25) is 0 Å². The van der Waals surface area contributed by atoms with Crippen molar-refractivity contribution in [2.75, 3.05) is 6.61 Å². The predicted octanol–water partition coefficient (Wildman–Crippen LogP) is 4.05. The monoisotopic (exact) mass is 333 g/mol. The number of benzene rings is 2. The smallest absolute Gasteiger partial charge is 0.258 e. The maximum atomic E-state index is 13.0. The number of carbonyl (C=O) groups is 1. The molecule has 0 radical (unpaired) electrons.